The van der Waals surface area contributed by atoms with Gasteiger partial charge < -0.3 is 26.6 Å². The minimum atomic E-state index is -1.34. The van der Waals surface area contributed by atoms with E-state index in [4.69, 9.17) is 5.73 Å². The molecule has 2 heterocycles. The van der Waals surface area contributed by atoms with Crippen LogP contribution in [0.4, 0.5) is 36.3 Å². The number of rotatable bonds is 8. The predicted octanol–water partition coefficient (Wildman–Crippen LogP) is 3.45. The third kappa shape index (κ3) is 5.74. The number of nitrogens with zero attached hydrogens (tertiary/aromatic N) is 3. The molecule has 5 N–H and O–H groups in total. The van der Waals surface area contributed by atoms with Crippen molar-refractivity contribution in [2.75, 3.05) is 29.1 Å². The van der Waals surface area contributed by atoms with E-state index >= 15 is 0 Å². The van der Waals surface area contributed by atoms with E-state index in [1.54, 1.807) is 19.2 Å². The van der Waals surface area contributed by atoms with Gasteiger partial charge in [0.1, 0.15) is 17.7 Å². The van der Waals surface area contributed by atoms with Crippen molar-refractivity contribution in [2.45, 2.75) is 31.8 Å². The number of primary amides is 1. The second-order valence-corrected chi connectivity index (χ2v) is 8.49. The number of likely N-dealkylation sites (N-methyl/N-ethyl adjacent to an activating group) is 1. The lowest BCUT2D eigenvalue weighted by Crippen LogP contribution is -2.48. The van der Waals surface area contributed by atoms with E-state index in [9.17, 15) is 22.8 Å². The van der Waals surface area contributed by atoms with Crippen LogP contribution in [0.5, 0.6) is 0 Å². The minimum Gasteiger partial charge on any atom is -0.365 e. The third-order valence-corrected chi connectivity index (χ3v) is 6.13. The number of nitrogens with two attached hydrogens (primary N) is 1. The fourth-order valence-corrected chi connectivity index (χ4v) is 4.21. The Labute approximate surface area is 211 Å². The summed E-state index contributed by atoms with van der Waals surface area (Å²) < 4.78 is 41.6. The summed E-state index contributed by atoms with van der Waals surface area (Å²) in [6, 6.07) is 8.59. The molecule has 37 heavy (non-hydrogen) atoms. The molecule has 0 radical (unpaired) electrons. The van der Waals surface area contributed by atoms with Gasteiger partial charge in [-0.2, -0.15) is 4.98 Å². The van der Waals surface area contributed by atoms with E-state index in [-0.39, 0.29) is 29.3 Å². The van der Waals surface area contributed by atoms with Gasteiger partial charge in [0, 0.05) is 43.3 Å². The number of amides is 2. The Hall–Kier alpha value is -4.35. The molecule has 0 bridgehead atoms. The fourth-order valence-electron chi connectivity index (χ4n) is 4.21. The molecule has 9 nitrogen and oxygen atoms in total. The van der Waals surface area contributed by atoms with Gasteiger partial charge in [-0.05, 0) is 55.7 Å². The Morgan fingerprint density at radius 2 is 1.81 bits per heavy atom. The number of nitrogens with one attached hydrogen (secondary N) is 3. The number of carbonyl (C=O) groups is 2. The van der Waals surface area contributed by atoms with Crippen LogP contribution in [-0.2, 0) is 11.3 Å². The van der Waals surface area contributed by atoms with Gasteiger partial charge in [-0.15, -0.1) is 0 Å². The predicted molar refractivity (Wildman–Crippen MR) is 133 cm³/mol. The topological polar surface area (TPSA) is 125 Å². The summed E-state index contributed by atoms with van der Waals surface area (Å²) >= 11 is 0. The van der Waals surface area contributed by atoms with Crippen molar-refractivity contribution < 1.29 is 22.8 Å². The molecule has 1 atom stereocenters. The Morgan fingerprint density at radius 3 is 2.51 bits per heavy atom. The maximum Gasteiger partial charge on any atom is 0.254 e. The van der Waals surface area contributed by atoms with E-state index < -0.39 is 35.5 Å². The molecule has 0 aliphatic carbocycles. The van der Waals surface area contributed by atoms with Gasteiger partial charge >= 0.3 is 0 Å². The number of aromatic nitrogens is 2. The van der Waals surface area contributed by atoms with Gasteiger partial charge in [0.2, 0.25) is 11.9 Å². The van der Waals surface area contributed by atoms with Gasteiger partial charge in [0.15, 0.2) is 11.6 Å². The highest BCUT2D eigenvalue weighted by atomic mass is 19.2. The first-order valence-corrected chi connectivity index (χ1v) is 11.7. The van der Waals surface area contributed by atoms with Crippen molar-refractivity contribution >= 4 is 35.0 Å². The summed E-state index contributed by atoms with van der Waals surface area (Å²) in [5, 5.41) is 8.35. The molecule has 1 aliphatic rings. The van der Waals surface area contributed by atoms with E-state index in [1.165, 1.54) is 6.20 Å². The SMILES string of the molecule is CNC(=O)C1CCCCN1c1ccc(Nc2ncc(C(N)=O)c(NCc3c(F)ccc(F)c3F)n2)cc1. The molecule has 1 aromatic heterocycles. The second-order valence-electron chi connectivity index (χ2n) is 8.49. The zero-order valence-corrected chi connectivity index (χ0v) is 20.0. The number of carbonyl (C=O) groups excluding carboxylic acids is 2. The van der Waals surface area contributed by atoms with Gasteiger partial charge in [-0.25, -0.2) is 18.2 Å². The van der Waals surface area contributed by atoms with Crippen molar-refractivity contribution in [2.24, 2.45) is 5.73 Å². The molecule has 194 valence electrons. The first-order chi connectivity index (χ1) is 17.8. The number of anilines is 4. The van der Waals surface area contributed by atoms with Crippen LogP contribution < -0.4 is 26.6 Å². The normalized spacial score (nSPS) is 15.2. The van der Waals surface area contributed by atoms with Crippen LogP contribution >= 0.6 is 0 Å². The summed E-state index contributed by atoms with van der Waals surface area (Å²) in [5.74, 6) is -4.37. The van der Waals surface area contributed by atoms with Crippen molar-refractivity contribution in [1.29, 1.82) is 0 Å². The van der Waals surface area contributed by atoms with E-state index in [2.05, 4.69) is 30.8 Å². The van der Waals surface area contributed by atoms with E-state index in [0.29, 0.717) is 11.8 Å². The zero-order chi connectivity index (χ0) is 26.5. The maximum absolute atomic E-state index is 14.0. The molecule has 0 saturated carbocycles. The Balaban J connectivity index is 1.52. The van der Waals surface area contributed by atoms with Crippen LogP contribution in [0.1, 0.15) is 35.2 Å². The minimum absolute atomic E-state index is 0.0251. The third-order valence-electron chi connectivity index (χ3n) is 6.13. The molecule has 4 rings (SSSR count). The molecule has 1 aliphatic heterocycles. The Bertz CT molecular complexity index is 1300. The number of benzene rings is 2. The van der Waals surface area contributed by atoms with E-state index in [1.807, 2.05) is 12.1 Å². The molecule has 2 amide bonds. The Morgan fingerprint density at radius 1 is 1.08 bits per heavy atom. The van der Waals surface area contributed by atoms with Crippen molar-refractivity contribution in [3.63, 3.8) is 0 Å². The monoisotopic (exact) mass is 513 g/mol. The smallest absolute Gasteiger partial charge is 0.254 e. The summed E-state index contributed by atoms with van der Waals surface area (Å²) in [7, 11) is 1.62. The largest absolute Gasteiger partial charge is 0.365 e. The highest BCUT2D eigenvalue weighted by Gasteiger charge is 2.28. The standard InChI is InChI=1S/C25H26F3N7O2/c1-30-24(37)20-4-2-3-11-35(20)15-7-5-14(6-8-15)33-25-32-13-17(22(29)36)23(34-25)31-12-16-18(26)9-10-19(27)21(16)28/h5-10,13,20H,2-4,11-12H2,1H3,(H2,29,36)(H,30,37)(H2,31,32,33,34). The number of hydrogen-bond donors (Lipinski definition) is 4. The zero-order valence-electron chi connectivity index (χ0n) is 20.0. The highest BCUT2D eigenvalue weighted by Crippen LogP contribution is 2.27. The molecule has 3 aromatic rings. The molecule has 12 heteroatoms. The summed E-state index contributed by atoms with van der Waals surface area (Å²) in [4.78, 5) is 34.5. The van der Waals surface area contributed by atoms with Crippen LogP contribution in [-0.4, -0.2) is 41.4 Å². The second kappa shape index (κ2) is 11.1. The van der Waals surface area contributed by atoms with Gasteiger partial charge in [0.05, 0.1) is 5.56 Å². The summed E-state index contributed by atoms with van der Waals surface area (Å²) in [6.07, 6.45) is 3.93. The lowest BCUT2D eigenvalue weighted by Gasteiger charge is -2.36. The van der Waals surface area contributed by atoms with Crippen molar-refractivity contribution in [3.05, 3.63) is 71.2 Å². The molecular formula is C25H26F3N7O2. The average molecular weight is 514 g/mol. The molecule has 1 unspecified atom stereocenters. The summed E-state index contributed by atoms with van der Waals surface area (Å²) in [5.41, 5.74) is 6.24. The lowest BCUT2D eigenvalue weighted by atomic mass is 10.0. The van der Waals surface area contributed by atoms with Gasteiger partial charge in [-0.3, -0.25) is 9.59 Å². The molecule has 1 saturated heterocycles. The van der Waals surface area contributed by atoms with Crippen LogP contribution in [0.3, 0.4) is 0 Å². The first kappa shape index (κ1) is 25.7. The fraction of sp³-hybridized carbons (Fsp3) is 0.280. The lowest BCUT2D eigenvalue weighted by molar-refractivity contribution is -0.122. The molecule has 1 fully saturated rings. The highest BCUT2D eigenvalue weighted by molar-refractivity contribution is 5.97. The molecule has 2 aromatic carbocycles. The van der Waals surface area contributed by atoms with Crippen LogP contribution in [0.15, 0.2) is 42.6 Å². The summed E-state index contributed by atoms with van der Waals surface area (Å²) in [6.45, 7) is 0.285. The number of hydrogen-bond acceptors (Lipinski definition) is 7. The van der Waals surface area contributed by atoms with E-state index in [0.717, 1.165) is 37.6 Å². The maximum atomic E-state index is 14.0. The van der Waals surface area contributed by atoms with Crippen LogP contribution in [0, 0.1) is 17.5 Å². The van der Waals surface area contributed by atoms with Gasteiger partial charge in [-0.1, -0.05) is 0 Å². The van der Waals surface area contributed by atoms with Crippen molar-refractivity contribution in [1.82, 2.24) is 15.3 Å². The van der Waals surface area contributed by atoms with Crippen LogP contribution in [0.2, 0.25) is 0 Å². The van der Waals surface area contributed by atoms with Crippen LogP contribution in [0.25, 0.3) is 0 Å². The number of halogens is 3. The molecule has 0 spiro atoms. The first-order valence-electron chi connectivity index (χ1n) is 11.7. The molecular weight excluding hydrogens is 487 g/mol. The number of piperidine rings is 1. The van der Waals surface area contributed by atoms with Gasteiger partial charge in [0.25, 0.3) is 5.91 Å². The quantitative estimate of drug-likeness (QED) is 0.340. The Kier molecular flexibility index (Phi) is 7.75. The average Bonchev–Trinajstić information content (AvgIpc) is 2.91. The van der Waals surface area contributed by atoms with Crippen molar-refractivity contribution in [3.8, 4) is 0 Å².